The van der Waals surface area contributed by atoms with Crippen molar-refractivity contribution < 1.29 is 9.53 Å². The smallest absolute Gasteiger partial charge is 0.263 e. The Morgan fingerprint density at radius 3 is 2.20 bits per heavy atom. The van der Waals surface area contributed by atoms with Gasteiger partial charge in [0.05, 0.1) is 0 Å². The van der Waals surface area contributed by atoms with E-state index in [1.165, 1.54) is 5.56 Å². The number of nitrogens with two attached hydrogens (primary N) is 1. The molecule has 1 amide bonds. The van der Waals surface area contributed by atoms with E-state index >= 15 is 0 Å². The molecule has 2 unspecified atom stereocenters. The van der Waals surface area contributed by atoms with Gasteiger partial charge in [0.25, 0.3) is 5.91 Å². The molecule has 0 fully saturated rings. The van der Waals surface area contributed by atoms with Crippen molar-refractivity contribution in [2.24, 2.45) is 5.73 Å². The normalized spacial score (nSPS) is 13.7. The minimum Gasteiger partial charge on any atom is -0.481 e. The average molecular weight is 278 g/mol. The third-order valence-electron chi connectivity index (χ3n) is 3.22. The van der Waals surface area contributed by atoms with Gasteiger partial charge in [0.15, 0.2) is 6.10 Å². The minimum atomic E-state index is -0.464. The molecule has 0 spiro atoms. The van der Waals surface area contributed by atoms with Crippen molar-refractivity contribution in [3.63, 3.8) is 0 Å². The van der Waals surface area contributed by atoms with Gasteiger partial charge in [0.1, 0.15) is 5.75 Å². The van der Waals surface area contributed by atoms with Gasteiger partial charge < -0.3 is 15.4 Å². The molecule has 4 nitrogen and oxygen atoms in total. The number of carbonyl (C=O) groups is 1. The van der Waals surface area contributed by atoms with E-state index in [4.69, 9.17) is 10.5 Å². The molecular weight excluding hydrogens is 252 g/mol. The molecule has 0 aliphatic rings. The number of amides is 1. The maximum Gasteiger partial charge on any atom is 0.263 e. The summed E-state index contributed by atoms with van der Waals surface area (Å²) in [5.41, 5.74) is 6.94. The molecule has 20 heavy (non-hydrogen) atoms. The maximum atomic E-state index is 12.1. The van der Waals surface area contributed by atoms with Crippen LogP contribution in [0, 0.1) is 0 Å². The van der Waals surface area contributed by atoms with Gasteiger partial charge in [0, 0.05) is 19.1 Å². The van der Waals surface area contributed by atoms with Crippen LogP contribution < -0.4 is 10.5 Å². The van der Waals surface area contributed by atoms with Gasteiger partial charge in [-0.15, -0.1) is 0 Å². The summed E-state index contributed by atoms with van der Waals surface area (Å²) < 4.78 is 5.70. The van der Waals surface area contributed by atoms with Crippen LogP contribution >= 0.6 is 0 Å². The molecule has 1 rings (SSSR count). The van der Waals surface area contributed by atoms with Crippen LogP contribution in [0.4, 0.5) is 0 Å². The summed E-state index contributed by atoms with van der Waals surface area (Å²) in [5, 5.41) is 0. The lowest BCUT2D eigenvalue weighted by Crippen LogP contribution is -2.40. The number of benzene rings is 1. The third kappa shape index (κ3) is 4.85. The summed E-state index contributed by atoms with van der Waals surface area (Å²) in [6.07, 6.45) is 0.378. The predicted molar refractivity (Wildman–Crippen MR) is 81.8 cm³/mol. The van der Waals surface area contributed by atoms with Crippen molar-refractivity contribution in [1.82, 2.24) is 4.90 Å². The molecule has 0 aromatic heterocycles. The topological polar surface area (TPSA) is 55.6 Å². The quantitative estimate of drug-likeness (QED) is 0.832. The zero-order chi connectivity index (χ0) is 15.1. The van der Waals surface area contributed by atoms with E-state index in [0.29, 0.717) is 18.8 Å². The molecule has 2 N–H and O–H groups in total. The van der Waals surface area contributed by atoms with E-state index in [1.807, 2.05) is 45.0 Å². The van der Waals surface area contributed by atoms with Crippen molar-refractivity contribution in [3.8, 4) is 5.75 Å². The standard InChI is InChI=1S/C16H26N2O2/c1-5-18(6-2)16(19)13(4)20-15-9-7-14(8-10-15)11-12(3)17/h7-10,12-13H,5-6,11,17H2,1-4H3. The average Bonchev–Trinajstić information content (AvgIpc) is 2.41. The van der Waals surface area contributed by atoms with E-state index in [1.54, 1.807) is 11.8 Å². The van der Waals surface area contributed by atoms with Gasteiger partial charge in [-0.3, -0.25) is 4.79 Å². The Kier molecular flexibility index (Phi) is 6.52. The zero-order valence-electron chi connectivity index (χ0n) is 12.9. The molecular formula is C16H26N2O2. The van der Waals surface area contributed by atoms with Gasteiger partial charge in [-0.1, -0.05) is 12.1 Å². The van der Waals surface area contributed by atoms with E-state index in [9.17, 15) is 4.79 Å². The molecule has 112 valence electrons. The number of nitrogens with zero attached hydrogens (tertiary/aromatic N) is 1. The van der Waals surface area contributed by atoms with Crippen molar-refractivity contribution >= 4 is 5.91 Å². The molecule has 1 aromatic carbocycles. The molecule has 0 bridgehead atoms. The fraction of sp³-hybridized carbons (Fsp3) is 0.562. The maximum absolute atomic E-state index is 12.1. The third-order valence-corrected chi connectivity index (χ3v) is 3.22. The monoisotopic (exact) mass is 278 g/mol. The zero-order valence-corrected chi connectivity index (χ0v) is 12.9. The number of ether oxygens (including phenoxy) is 1. The first kappa shape index (κ1) is 16.5. The van der Waals surface area contributed by atoms with Crippen LogP contribution in [0.2, 0.25) is 0 Å². The summed E-state index contributed by atoms with van der Waals surface area (Å²) in [5.74, 6) is 0.737. The first-order valence-corrected chi connectivity index (χ1v) is 7.27. The van der Waals surface area contributed by atoms with Crippen molar-refractivity contribution in [1.29, 1.82) is 0 Å². The van der Waals surface area contributed by atoms with Crippen LogP contribution in [0.25, 0.3) is 0 Å². The number of rotatable bonds is 7. The van der Waals surface area contributed by atoms with E-state index in [0.717, 1.165) is 6.42 Å². The van der Waals surface area contributed by atoms with Crippen LogP contribution in [-0.4, -0.2) is 36.0 Å². The summed E-state index contributed by atoms with van der Waals surface area (Å²) in [7, 11) is 0. The van der Waals surface area contributed by atoms with Crippen molar-refractivity contribution in [2.45, 2.75) is 46.3 Å². The molecule has 0 saturated carbocycles. The lowest BCUT2D eigenvalue weighted by atomic mass is 10.1. The van der Waals surface area contributed by atoms with E-state index in [-0.39, 0.29) is 11.9 Å². The molecule has 0 saturated heterocycles. The molecule has 0 radical (unpaired) electrons. The van der Waals surface area contributed by atoms with Crippen LogP contribution in [0.3, 0.4) is 0 Å². The molecule has 2 atom stereocenters. The summed E-state index contributed by atoms with van der Waals surface area (Å²) >= 11 is 0. The highest BCUT2D eigenvalue weighted by atomic mass is 16.5. The molecule has 0 aliphatic carbocycles. The lowest BCUT2D eigenvalue weighted by molar-refractivity contribution is -0.137. The predicted octanol–water partition coefficient (Wildman–Crippen LogP) is 2.21. The lowest BCUT2D eigenvalue weighted by Gasteiger charge is -2.23. The summed E-state index contributed by atoms with van der Waals surface area (Å²) in [6, 6.07) is 7.92. The van der Waals surface area contributed by atoms with Crippen LogP contribution in [0.5, 0.6) is 5.75 Å². The van der Waals surface area contributed by atoms with Gasteiger partial charge >= 0.3 is 0 Å². The fourth-order valence-electron chi connectivity index (χ4n) is 2.12. The highest BCUT2D eigenvalue weighted by molar-refractivity contribution is 5.80. The molecule has 1 aromatic rings. The van der Waals surface area contributed by atoms with Gasteiger partial charge in [-0.25, -0.2) is 0 Å². The second-order valence-corrected chi connectivity index (χ2v) is 5.10. The second kappa shape index (κ2) is 7.90. The number of hydrogen-bond acceptors (Lipinski definition) is 3. The SMILES string of the molecule is CCN(CC)C(=O)C(C)Oc1ccc(CC(C)N)cc1. The summed E-state index contributed by atoms with van der Waals surface area (Å²) in [4.78, 5) is 13.9. The molecule has 0 heterocycles. The van der Waals surface area contributed by atoms with Gasteiger partial charge in [-0.2, -0.15) is 0 Å². The van der Waals surface area contributed by atoms with E-state index < -0.39 is 6.10 Å². The number of likely N-dealkylation sites (N-methyl/N-ethyl adjacent to an activating group) is 1. The van der Waals surface area contributed by atoms with Gasteiger partial charge in [0.2, 0.25) is 0 Å². The Hall–Kier alpha value is -1.55. The Bertz CT molecular complexity index is 411. The summed E-state index contributed by atoms with van der Waals surface area (Å²) in [6.45, 7) is 9.12. The highest BCUT2D eigenvalue weighted by Gasteiger charge is 2.19. The van der Waals surface area contributed by atoms with Crippen molar-refractivity contribution in [3.05, 3.63) is 29.8 Å². The second-order valence-electron chi connectivity index (χ2n) is 5.10. The Morgan fingerprint density at radius 1 is 1.20 bits per heavy atom. The Labute approximate surface area is 121 Å². The molecule has 4 heteroatoms. The fourth-order valence-corrected chi connectivity index (χ4v) is 2.12. The Balaban J connectivity index is 2.61. The first-order valence-electron chi connectivity index (χ1n) is 7.27. The van der Waals surface area contributed by atoms with Crippen molar-refractivity contribution in [2.75, 3.05) is 13.1 Å². The largest absolute Gasteiger partial charge is 0.481 e. The van der Waals surface area contributed by atoms with Crippen LogP contribution in [0.15, 0.2) is 24.3 Å². The van der Waals surface area contributed by atoms with Crippen LogP contribution in [0.1, 0.15) is 33.3 Å². The first-order chi connectivity index (χ1) is 9.47. The van der Waals surface area contributed by atoms with Gasteiger partial charge in [-0.05, 0) is 51.8 Å². The van der Waals surface area contributed by atoms with Crippen LogP contribution in [-0.2, 0) is 11.2 Å². The highest BCUT2D eigenvalue weighted by Crippen LogP contribution is 2.15. The molecule has 0 aliphatic heterocycles. The number of hydrogen-bond donors (Lipinski definition) is 1. The number of carbonyl (C=O) groups excluding carboxylic acids is 1. The van der Waals surface area contributed by atoms with E-state index in [2.05, 4.69) is 0 Å². The minimum absolute atomic E-state index is 0.0228. The Morgan fingerprint density at radius 2 is 1.75 bits per heavy atom.